The summed E-state index contributed by atoms with van der Waals surface area (Å²) in [6.07, 6.45) is 6.01. The van der Waals surface area contributed by atoms with Gasteiger partial charge in [0.2, 0.25) is 11.8 Å². The lowest BCUT2D eigenvalue weighted by molar-refractivity contribution is 0.292. The van der Waals surface area contributed by atoms with Crippen LogP contribution < -0.4 is 15.4 Å². The molecule has 0 atom stereocenters. The Balaban J connectivity index is 1.69. The van der Waals surface area contributed by atoms with Crippen molar-refractivity contribution in [2.75, 3.05) is 19.0 Å². The lowest BCUT2D eigenvalue weighted by Gasteiger charge is -2.38. The lowest BCUT2D eigenvalue weighted by Crippen LogP contribution is -2.43. The van der Waals surface area contributed by atoms with Gasteiger partial charge in [0.1, 0.15) is 0 Å². The van der Waals surface area contributed by atoms with E-state index < -0.39 is 0 Å². The van der Waals surface area contributed by atoms with Gasteiger partial charge < -0.3 is 15.4 Å². The summed E-state index contributed by atoms with van der Waals surface area (Å²) in [6.45, 7) is 2.66. The molecule has 144 valence electrons. The number of methoxy groups -OCH3 is 1. The van der Waals surface area contributed by atoms with Crippen molar-refractivity contribution >= 4 is 34.9 Å². The molecule has 5 nitrogen and oxygen atoms in total. The molecule has 0 saturated heterocycles. The monoisotopic (exact) mass is 404 g/mol. The second kappa shape index (κ2) is 8.85. The fourth-order valence-electron chi connectivity index (χ4n) is 3.69. The number of aromatic nitrogens is 2. The van der Waals surface area contributed by atoms with Gasteiger partial charge in [-0.05, 0) is 49.7 Å². The van der Waals surface area contributed by atoms with Crippen LogP contribution in [0.2, 0.25) is 5.02 Å². The first kappa shape index (κ1) is 19.8. The molecule has 1 aromatic carbocycles. The molecule has 1 aliphatic rings. The zero-order valence-electron chi connectivity index (χ0n) is 15.7. The van der Waals surface area contributed by atoms with Crippen molar-refractivity contribution in [2.24, 2.45) is 0 Å². The summed E-state index contributed by atoms with van der Waals surface area (Å²) in [7, 11) is 1.58. The van der Waals surface area contributed by atoms with Gasteiger partial charge in [0.25, 0.3) is 0 Å². The van der Waals surface area contributed by atoms with Gasteiger partial charge in [0, 0.05) is 28.7 Å². The Labute approximate surface area is 170 Å². The molecule has 0 unspecified atom stereocenters. The minimum atomic E-state index is 0.0692. The average molecular weight is 405 g/mol. The Kier molecular flexibility index (Phi) is 6.50. The summed E-state index contributed by atoms with van der Waals surface area (Å²) in [5.74, 6) is 0.950. The summed E-state index contributed by atoms with van der Waals surface area (Å²) in [4.78, 5) is 8.64. The van der Waals surface area contributed by atoms with Crippen LogP contribution in [0.25, 0.3) is 0 Å². The van der Waals surface area contributed by atoms with E-state index in [2.05, 4.69) is 32.7 Å². The quantitative estimate of drug-likeness (QED) is 0.708. The second-order valence-electron chi connectivity index (χ2n) is 7.03. The number of hydrogen-bond acceptors (Lipinski definition) is 4. The molecule has 0 amide bonds. The Morgan fingerprint density at radius 3 is 2.56 bits per heavy atom. The highest BCUT2D eigenvalue weighted by molar-refractivity contribution is 7.80. The Morgan fingerprint density at radius 2 is 1.89 bits per heavy atom. The zero-order valence-corrected chi connectivity index (χ0v) is 17.3. The fraction of sp³-hybridized carbons (Fsp3) is 0.450. The van der Waals surface area contributed by atoms with Crippen molar-refractivity contribution in [1.82, 2.24) is 15.3 Å². The van der Waals surface area contributed by atoms with Crippen LogP contribution in [0, 0.1) is 6.92 Å². The largest absolute Gasteiger partial charge is 0.481 e. The maximum Gasteiger partial charge on any atom is 0.232 e. The predicted octanol–water partition coefficient (Wildman–Crippen LogP) is 4.64. The third-order valence-corrected chi connectivity index (χ3v) is 5.62. The van der Waals surface area contributed by atoms with Gasteiger partial charge >= 0.3 is 0 Å². The van der Waals surface area contributed by atoms with Gasteiger partial charge in [0.05, 0.1) is 7.11 Å². The number of anilines is 1. The highest BCUT2D eigenvalue weighted by Crippen LogP contribution is 2.39. The molecule has 2 aromatic rings. The number of thiocarbonyl (C=S) groups is 1. The van der Waals surface area contributed by atoms with Crippen LogP contribution in [0.5, 0.6) is 5.88 Å². The van der Waals surface area contributed by atoms with Crippen molar-refractivity contribution in [1.29, 1.82) is 0 Å². The van der Waals surface area contributed by atoms with E-state index in [1.165, 1.54) is 24.8 Å². The average Bonchev–Trinajstić information content (AvgIpc) is 2.67. The molecule has 1 aromatic heterocycles. The van der Waals surface area contributed by atoms with Crippen molar-refractivity contribution in [3.63, 3.8) is 0 Å². The number of nitrogens with zero attached hydrogens (tertiary/aromatic N) is 2. The molecule has 1 heterocycles. The normalized spacial score (nSPS) is 15.8. The predicted molar refractivity (Wildman–Crippen MR) is 114 cm³/mol. The molecule has 0 radical (unpaired) electrons. The smallest absolute Gasteiger partial charge is 0.232 e. The minimum Gasteiger partial charge on any atom is -0.481 e. The van der Waals surface area contributed by atoms with Crippen molar-refractivity contribution in [2.45, 2.75) is 44.4 Å². The molecule has 0 bridgehead atoms. The Hall–Kier alpha value is -1.92. The molecule has 2 N–H and O–H groups in total. The zero-order chi connectivity index (χ0) is 19.3. The molecule has 0 spiro atoms. The summed E-state index contributed by atoms with van der Waals surface area (Å²) < 4.78 is 5.19. The number of ether oxygens (including phenoxy) is 1. The van der Waals surface area contributed by atoms with E-state index in [1.807, 2.05) is 19.1 Å². The molecular formula is C20H25ClN4OS. The molecule has 1 aliphatic carbocycles. The van der Waals surface area contributed by atoms with Gasteiger partial charge in [-0.25, -0.2) is 4.98 Å². The summed E-state index contributed by atoms with van der Waals surface area (Å²) >= 11 is 11.6. The van der Waals surface area contributed by atoms with E-state index in [4.69, 9.17) is 28.6 Å². The van der Waals surface area contributed by atoms with Crippen LogP contribution in [0.4, 0.5) is 5.95 Å². The Bertz CT molecular complexity index is 791. The van der Waals surface area contributed by atoms with Crippen LogP contribution in [0.3, 0.4) is 0 Å². The summed E-state index contributed by atoms with van der Waals surface area (Å²) in [5, 5.41) is 7.73. The van der Waals surface area contributed by atoms with Crippen LogP contribution in [-0.4, -0.2) is 28.7 Å². The van der Waals surface area contributed by atoms with Crippen LogP contribution in [0.15, 0.2) is 30.3 Å². The number of nitrogens with one attached hydrogen (secondary N) is 2. The number of halogens is 1. The van der Waals surface area contributed by atoms with Gasteiger partial charge in [-0.1, -0.05) is 43.0 Å². The molecule has 1 fully saturated rings. The van der Waals surface area contributed by atoms with E-state index in [0.717, 1.165) is 30.1 Å². The van der Waals surface area contributed by atoms with Crippen LogP contribution in [0.1, 0.15) is 43.4 Å². The molecule has 7 heteroatoms. The third kappa shape index (κ3) is 5.08. The lowest BCUT2D eigenvalue weighted by atomic mass is 9.69. The van der Waals surface area contributed by atoms with Gasteiger partial charge in [-0.2, -0.15) is 4.98 Å². The van der Waals surface area contributed by atoms with E-state index in [9.17, 15) is 0 Å². The van der Waals surface area contributed by atoms with E-state index in [1.54, 1.807) is 13.2 Å². The highest BCUT2D eigenvalue weighted by Gasteiger charge is 2.33. The highest BCUT2D eigenvalue weighted by atomic mass is 35.5. The van der Waals surface area contributed by atoms with E-state index in [-0.39, 0.29) is 5.41 Å². The molecule has 3 rings (SSSR count). The second-order valence-corrected chi connectivity index (χ2v) is 7.88. The van der Waals surface area contributed by atoms with E-state index in [0.29, 0.717) is 16.9 Å². The molecular weight excluding hydrogens is 380 g/mol. The number of aryl methyl sites for hydroxylation is 1. The van der Waals surface area contributed by atoms with E-state index >= 15 is 0 Å². The molecule has 0 aliphatic heterocycles. The Morgan fingerprint density at radius 1 is 1.19 bits per heavy atom. The molecule has 27 heavy (non-hydrogen) atoms. The minimum absolute atomic E-state index is 0.0692. The van der Waals surface area contributed by atoms with Crippen molar-refractivity contribution in [3.8, 4) is 5.88 Å². The SMILES string of the molecule is COc1cc(C)nc(NC(=S)NCC2(c3ccc(Cl)cc3)CCCCC2)n1. The van der Waals surface area contributed by atoms with Gasteiger partial charge in [0.15, 0.2) is 5.11 Å². The van der Waals surface area contributed by atoms with Gasteiger partial charge in [-0.15, -0.1) is 0 Å². The third-order valence-electron chi connectivity index (χ3n) is 5.12. The fourth-order valence-corrected chi connectivity index (χ4v) is 3.98. The summed E-state index contributed by atoms with van der Waals surface area (Å²) in [6, 6.07) is 9.99. The van der Waals surface area contributed by atoms with Crippen LogP contribution >= 0.6 is 23.8 Å². The van der Waals surface area contributed by atoms with Crippen LogP contribution in [-0.2, 0) is 5.41 Å². The van der Waals surface area contributed by atoms with Gasteiger partial charge in [-0.3, -0.25) is 0 Å². The topological polar surface area (TPSA) is 59.1 Å². The summed E-state index contributed by atoms with van der Waals surface area (Å²) in [5.41, 5.74) is 2.20. The first-order chi connectivity index (χ1) is 13.0. The maximum absolute atomic E-state index is 6.08. The number of benzene rings is 1. The van der Waals surface area contributed by atoms with Crippen molar-refractivity contribution < 1.29 is 4.74 Å². The standard InChI is InChI=1S/C20H25ClN4OS/c1-14-12-17(26-2)24-18(23-14)25-19(27)22-13-20(10-4-3-5-11-20)15-6-8-16(21)9-7-15/h6-9,12H,3-5,10-11,13H2,1-2H3,(H2,22,23,24,25,27). The first-order valence-corrected chi connectivity index (χ1v) is 10.00. The number of rotatable bonds is 5. The number of hydrogen-bond donors (Lipinski definition) is 2. The maximum atomic E-state index is 6.08. The first-order valence-electron chi connectivity index (χ1n) is 9.21. The molecule has 1 saturated carbocycles. The van der Waals surface area contributed by atoms with Crippen molar-refractivity contribution in [3.05, 3.63) is 46.6 Å².